The van der Waals surface area contributed by atoms with Crippen LogP contribution in [0.2, 0.25) is 0 Å². The van der Waals surface area contributed by atoms with Crippen molar-refractivity contribution in [3.05, 3.63) is 54.1 Å². The predicted molar refractivity (Wildman–Crippen MR) is 94.5 cm³/mol. The Hall–Kier alpha value is -2.46. The zero-order chi connectivity index (χ0) is 15.8. The predicted octanol–water partition coefficient (Wildman–Crippen LogP) is 3.14. The third kappa shape index (κ3) is 2.55. The van der Waals surface area contributed by atoms with E-state index < -0.39 is 0 Å². The number of aromatic nitrogens is 2. The molecule has 1 atom stereocenters. The van der Waals surface area contributed by atoms with Gasteiger partial charge in [-0.2, -0.15) is 0 Å². The fraction of sp³-hybridized carbons (Fsp3) is 0.263. The summed E-state index contributed by atoms with van der Waals surface area (Å²) >= 11 is 0. The van der Waals surface area contributed by atoms with Crippen LogP contribution in [0.25, 0.3) is 22.0 Å². The molecule has 0 spiro atoms. The minimum Gasteiger partial charge on any atom is -0.353 e. The summed E-state index contributed by atoms with van der Waals surface area (Å²) in [6, 6.07) is 17.0. The number of aryl methyl sites for hydroxylation is 1. The van der Waals surface area contributed by atoms with Gasteiger partial charge in [0.1, 0.15) is 5.69 Å². The second-order valence-corrected chi connectivity index (χ2v) is 6.28. The number of hydrogen-bond donors (Lipinski definition) is 1. The lowest BCUT2D eigenvalue weighted by Gasteiger charge is -2.19. The van der Waals surface area contributed by atoms with Gasteiger partial charge in [0.15, 0.2) is 5.82 Å². The number of nitrogens with two attached hydrogens (primary N) is 1. The van der Waals surface area contributed by atoms with E-state index in [2.05, 4.69) is 70.6 Å². The molecule has 4 rings (SSSR count). The largest absolute Gasteiger partial charge is 0.353 e. The van der Waals surface area contributed by atoms with Gasteiger partial charge in [-0.05, 0) is 13.3 Å². The molecule has 116 valence electrons. The zero-order valence-electron chi connectivity index (χ0n) is 13.2. The Morgan fingerprint density at radius 3 is 2.43 bits per heavy atom. The topological polar surface area (TPSA) is 55.0 Å². The van der Waals surface area contributed by atoms with Crippen LogP contribution >= 0.6 is 0 Å². The molecule has 2 aromatic carbocycles. The Kier molecular flexibility index (Phi) is 3.46. The smallest absolute Gasteiger partial charge is 0.159 e. The summed E-state index contributed by atoms with van der Waals surface area (Å²) in [5, 5.41) is 11.4. The van der Waals surface area contributed by atoms with E-state index in [4.69, 9.17) is 5.73 Å². The number of hydrogen-bond acceptors (Lipinski definition) is 4. The van der Waals surface area contributed by atoms with Crippen LogP contribution in [0.3, 0.4) is 0 Å². The molecule has 1 aliphatic heterocycles. The Morgan fingerprint density at radius 1 is 1.00 bits per heavy atom. The monoisotopic (exact) mass is 304 g/mol. The molecule has 0 aliphatic carbocycles. The van der Waals surface area contributed by atoms with E-state index in [-0.39, 0.29) is 6.04 Å². The molecule has 1 aromatic heterocycles. The van der Waals surface area contributed by atoms with Gasteiger partial charge in [-0.25, -0.2) is 0 Å². The summed E-state index contributed by atoms with van der Waals surface area (Å²) in [6.45, 7) is 3.89. The molecular formula is C19H20N4. The standard InChI is InChI=1S/C19H20N4/c1-13-6-8-14(9-7-13)18-16-4-2-3-5-17(16)19(22-21-18)23-11-10-15(20)12-23/h2-9,15H,10-12,20H2,1H3. The first-order chi connectivity index (χ1) is 11.2. The Labute approximate surface area is 135 Å². The molecule has 1 aliphatic rings. The van der Waals surface area contributed by atoms with Gasteiger partial charge < -0.3 is 10.6 Å². The normalized spacial score (nSPS) is 17.8. The highest BCUT2D eigenvalue weighted by atomic mass is 15.3. The van der Waals surface area contributed by atoms with Crippen molar-refractivity contribution in [2.45, 2.75) is 19.4 Å². The lowest BCUT2D eigenvalue weighted by atomic mass is 10.0. The van der Waals surface area contributed by atoms with E-state index in [1.54, 1.807) is 0 Å². The minimum atomic E-state index is 0.229. The van der Waals surface area contributed by atoms with Gasteiger partial charge in [0, 0.05) is 35.5 Å². The summed E-state index contributed by atoms with van der Waals surface area (Å²) in [5.41, 5.74) is 9.33. The van der Waals surface area contributed by atoms with Crippen molar-refractivity contribution in [3.63, 3.8) is 0 Å². The van der Waals surface area contributed by atoms with Crippen LogP contribution < -0.4 is 10.6 Å². The highest BCUT2D eigenvalue weighted by Crippen LogP contribution is 2.32. The van der Waals surface area contributed by atoms with Crippen LogP contribution in [0, 0.1) is 6.92 Å². The minimum absolute atomic E-state index is 0.229. The molecule has 1 unspecified atom stereocenters. The Morgan fingerprint density at radius 2 is 1.74 bits per heavy atom. The Bertz CT molecular complexity index is 842. The zero-order valence-corrected chi connectivity index (χ0v) is 13.2. The number of anilines is 1. The van der Waals surface area contributed by atoms with Crippen LogP contribution in [-0.2, 0) is 0 Å². The lowest BCUT2D eigenvalue weighted by molar-refractivity contribution is 0.751. The summed E-state index contributed by atoms with van der Waals surface area (Å²) in [7, 11) is 0. The Balaban J connectivity index is 1.87. The molecule has 1 saturated heterocycles. The molecule has 4 heteroatoms. The molecule has 4 nitrogen and oxygen atoms in total. The van der Waals surface area contributed by atoms with E-state index in [1.807, 2.05) is 0 Å². The third-order valence-electron chi connectivity index (χ3n) is 4.52. The molecule has 2 N–H and O–H groups in total. The van der Waals surface area contributed by atoms with Gasteiger partial charge in [0.2, 0.25) is 0 Å². The average Bonchev–Trinajstić information content (AvgIpc) is 3.01. The maximum atomic E-state index is 6.05. The molecular weight excluding hydrogens is 284 g/mol. The van der Waals surface area contributed by atoms with E-state index in [1.165, 1.54) is 5.56 Å². The van der Waals surface area contributed by atoms with Gasteiger partial charge in [-0.3, -0.25) is 0 Å². The van der Waals surface area contributed by atoms with Crippen molar-refractivity contribution in [2.24, 2.45) is 5.73 Å². The second-order valence-electron chi connectivity index (χ2n) is 6.28. The van der Waals surface area contributed by atoms with Gasteiger partial charge >= 0.3 is 0 Å². The first-order valence-corrected chi connectivity index (χ1v) is 8.05. The molecule has 3 aromatic rings. The number of nitrogens with zero attached hydrogens (tertiary/aromatic N) is 3. The third-order valence-corrected chi connectivity index (χ3v) is 4.52. The highest BCUT2D eigenvalue weighted by Gasteiger charge is 2.23. The van der Waals surface area contributed by atoms with Crippen LogP contribution in [0.5, 0.6) is 0 Å². The fourth-order valence-corrected chi connectivity index (χ4v) is 3.23. The molecule has 0 radical (unpaired) electrons. The summed E-state index contributed by atoms with van der Waals surface area (Å²) in [5.74, 6) is 0.949. The molecule has 0 bridgehead atoms. The van der Waals surface area contributed by atoms with Crippen molar-refractivity contribution in [1.82, 2.24) is 10.2 Å². The first-order valence-electron chi connectivity index (χ1n) is 8.05. The maximum Gasteiger partial charge on any atom is 0.159 e. The first kappa shape index (κ1) is 14.2. The summed E-state index contributed by atoms with van der Waals surface area (Å²) < 4.78 is 0. The van der Waals surface area contributed by atoms with Crippen molar-refractivity contribution < 1.29 is 0 Å². The van der Waals surface area contributed by atoms with Gasteiger partial charge in [0.25, 0.3) is 0 Å². The molecule has 0 saturated carbocycles. The number of rotatable bonds is 2. The quantitative estimate of drug-likeness (QED) is 0.790. The second kappa shape index (κ2) is 5.63. The van der Waals surface area contributed by atoms with E-state index in [9.17, 15) is 0 Å². The van der Waals surface area contributed by atoms with Gasteiger partial charge in [-0.1, -0.05) is 54.1 Å². The highest BCUT2D eigenvalue weighted by molar-refractivity contribution is 6.00. The summed E-state index contributed by atoms with van der Waals surface area (Å²) in [6.07, 6.45) is 1.01. The molecule has 1 fully saturated rings. The number of benzene rings is 2. The van der Waals surface area contributed by atoms with Crippen LogP contribution in [0.15, 0.2) is 48.5 Å². The number of fused-ring (bicyclic) bond motifs is 1. The maximum absolute atomic E-state index is 6.05. The van der Waals surface area contributed by atoms with Crippen molar-refractivity contribution in [2.75, 3.05) is 18.0 Å². The summed E-state index contributed by atoms with van der Waals surface area (Å²) in [4.78, 5) is 2.25. The SMILES string of the molecule is Cc1ccc(-c2nnc(N3CCC(N)C3)c3ccccc23)cc1. The average molecular weight is 304 g/mol. The van der Waals surface area contributed by atoms with Crippen LogP contribution in [-0.4, -0.2) is 29.3 Å². The van der Waals surface area contributed by atoms with Gasteiger partial charge in [0.05, 0.1) is 0 Å². The molecule has 0 amide bonds. The fourth-order valence-electron chi connectivity index (χ4n) is 3.23. The van der Waals surface area contributed by atoms with Crippen LogP contribution in [0.1, 0.15) is 12.0 Å². The molecule has 23 heavy (non-hydrogen) atoms. The van der Waals surface area contributed by atoms with Crippen molar-refractivity contribution in [1.29, 1.82) is 0 Å². The van der Waals surface area contributed by atoms with E-state index >= 15 is 0 Å². The van der Waals surface area contributed by atoms with Crippen molar-refractivity contribution >= 4 is 16.6 Å². The van der Waals surface area contributed by atoms with E-state index in [0.717, 1.165) is 47.4 Å². The molecule has 2 heterocycles. The van der Waals surface area contributed by atoms with Crippen molar-refractivity contribution in [3.8, 4) is 11.3 Å². The van der Waals surface area contributed by atoms with Gasteiger partial charge in [-0.15, -0.1) is 10.2 Å². The van der Waals surface area contributed by atoms with Crippen LogP contribution in [0.4, 0.5) is 5.82 Å². The lowest BCUT2D eigenvalue weighted by Crippen LogP contribution is -2.27. The van der Waals surface area contributed by atoms with E-state index in [0.29, 0.717) is 0 Å².